The van der Waals surface area contributed by atoms with Gasteiger partial charge in [-0.3, -0.25) is 9.59 Å². The minimum absolute atomic E-state index is 0.0672. The molecule has 2 amide bonds. The predicted octanol–water partition coefficient (Wildman–Crippen LogP) is 4.33. The summed E-state index contributed by atoms with van der Waals surface area (Å²) in [4.78, 5) is 26.8. The van der Waals surface area contributed by atoms with E-state index in [1.54, 1.807) is 13.0 Å². The molecule has 1 aliphatic heterocycles. The van der Waals surface area contributed by atoms with E-state index in [9.17, 15) is 14.0 Å². The van der Waals surface area contributed by atoms with E-state index in [0.29, 0.717) is 36.6 Å². The summed E-state index contributed by atoms with van der Waals surface area (Å²) < 4.78 is 13.2. The van der Waals surface area contributed by atoms with Gasteiger partial charge in [-0.1, -0.05) is 30.3 Å². The maximum absolute atomic E-state index is 13.2. The van der Waals surface area contributed by atoms with Crippen LogP contribution in [0.4, 0.5) is 10.1 Å². The molecule has 0 radical (unpaired) electrons. The van der Waals surface area contributed by atoms with Crippen LogP contribution < -0.4 is 5.32 Å². The minimum atomic E-state index is -0.307. The van der Waals surface area contributed by atoms with Gasteiger partial charge in [-0.2, -0.15) is 0 Å². The van der Waals surface area contributed by atoms with Gasteiger partial charge in [-0.25, -0.2) is 4.39 Å². The average Bonchev–Trinajstić information content (AvgIpc) is 2.69. The standard InChI is InChI=1S/C23H27FN2O2/c1-17-14-20(24)10-11-21(17)25-22(27)12-9-19-8-5-13-26(16-19)23(28)15-18-6-3-2-4-7-18/h2-4,6-7,10-11,14,19H,5,8-9,12-13,15-16H2,1H3,(H,25,27)/t19-/m0/s1. The summed E-state index contributed by atoms with van der Waals surface area (Å²) in [7, 11) is 0. The summed E-state index contributed by atoms with van der Waals surface area (Å²) in [5, 5.41) is 2.86. The number of hydrogen-bond acceptors (Lipinski definition) is 2. The molecule has 0 unspecified atom stereocenters. The molecule has 1 fully saturated rings. The SMILES string of the molecule is Cc1cc(F)ccc1NC(=O)CC[C@@H]1CCCN(C(=O)Cc2ccccc2)C1. The normalized spacial score (nSPS) is 16.6. The number of rotatable bonds is 6. The van der Waals surface area contributed by atoms with Gasteiger partial charge in [-0.05, 0) is 61.4 Å². The Morgan fingerprint density at radius 2 is 1.96 bits per heavy atom. The third kappa shape index (κ3) is 5.65. The molecule has 2 aromatic carbocycles. The monoisotopic (exact) mass is 382 g/mol. The number of nitrogens with zero attached hydrogens (tertiary/aromatic N) is 1. The number of halogens is 1. The lowest BCUT2D eigenvalue weighted by Gasteiger charge is -2.33. The van der Waals surface area contributed by atoms with E-state index >= 15 is 0 Å². The Hall–Kier alpha value is -2.69. The van der Waals surface area contributed by atoms with Crippen LogP contribution in [0, 0.1) is 18.7 Å². The third-order valence-corrected chi connectivity index (χ3v) is 5.31. The maximum Gasteiger partial charge on any atom is 0.226 e. The average molecular weight is 382 g/mol. The Kier molecular flexibility index (Phi) is 6.80. The highest BCUT2D eigenvalue weighted by atomic mass is 19.1. The van der Waals surface area contributed by atoms with Crippen LogP contribution in [0.1, 0.15) is 36.8 Å². The molecule has 0 aromatic heterocycles. The first kappa shape index (κ1) is 20.1. The van der Waals surface area contributed by atoms with Crippen molar-refractivity contribution in [2.45, 2.75) is 39.0 Å². The third-order valence-electron chi connectivity index (χ3n) is 5.31. The summed E-state index contributed by atoms with van der Waals surface area (Å²) in [6.07, 6.45) is 3.60. The molecule has 0 saturated carbocycles. The number of aryl methyl sites for hydroxylation is 1. The topological polar surface area (TPSA) is 49.4 Å². The van der Waals surface area contributed by atoms with E-state index in [1.165, 1.54) is 12.1 Å². The number of hydrogen-bond donors (Lipinski definition) is 1. The predicted molar refractivity (Wildman–Crippen MR) is 108 cm³/mol. The van der Waals surface area contributed by atoms with Crippen LogP contribution in [0.15, 0.2) is 48.5 Å². The fourth-order valence-electron chi connectivity index (χ4n) is 3.72. The zero-order chi connectivity index (χ0) is 19.9. The first-order valence-electron chi connectivity index (χ1n) is 9.89. The molecule has 28 heavy (non-hydrogen) atoms. The first-order chi connectivity index (χ1) is 13.5. The van der Waals surface area contributed by atoms with Crippen LogP contribution in [-0.2, 0) is 16.0 Å². The fraction of sp³-hybridized carbons (Fsp3) is 0.391. The molecule has 0 aliphatic carbocycles. The van der Waals surface area contributed by atoms with Crippen molar-refractivity contribution in [1.82, 2.24) is 4.90 Å². The van der Waals surface area contributed by atoms with Crippen molar-refractivity contribution >= 4 is 17.5 Å². The summed E-state index contributed by atoms with van der Waals surface area (Å²) in [5.41, 5.74) is 2.39. The highest BCUT2D eigenvalue weighted by Crippen LogP contribution is 2.23. The largest absolute Gasteiger partial charge is 0.342 e. The summed E-state index contributed by atoms with van der Waals surface area (Å²) in [6, 6.07) is 14.1. The van der Waals surface area contributed by atoms with E-state index in [0.717, 1.165) is 31.4 Å². The molecule has 3 rings (SSSR count). The zero-order valence-corrected chi connectivity index (χ0v) is 16.3. The van der Waals surface area contributed by atoms with Crippen molar-refractivity contribution in [3.63, 3.8) is 0 Å². The number of anilines is 1. The Morgan fingerprint density at radius 3 is 2.71 bits per heavy atom. The van der Waals surface area contributed by atoms with Gasteiger partial charge in [0.1, 0.15) is 5.82 Å². The van der Waals surface area contributed by atoms with Gasteiger partial charge in [0.25, 0.3) is 0 Å². The summed E-state index contributed by atoms with van der Waals surface area (Å²) >= 11 is 0. The second kappa shape index (κ2) is 9.49. The van der Waals surface area contributed by atoms with Crippen molar-refractivity contribution in [1.29, 1.82) is 0 Å². The summed E-state index contributed by atoms with van der Waals surface area (Å²) in [5.74, 6) is 0.122. The van der Waals surface area contributed by atoms with Gasteiger partial charge >= 0.3 is 0 Å². The molecule has 1 aliphatic rings. The number of carbonyl (C=O) groups is 2. The first-order valence-corrected chi connectivity index (χ1v) is 9.89. The lowest BCUT2D eigenvalue weighted by atomic mass is 9.93. The number of nitrogens with one attached hydrogen (secondary N) is 1. The van der Waals surface area contributed by atoms with Crippen LogP contribution in [0.25, 0.3) is 0 Å². The van der Waals surface area contributed by atoms with Crippen molar-refractivity contribution < 1.29 is 14.0 Å². The molecule has 2 aromatic rings. The van der Waals surface area contributed by atoms with Crippen molar-refractivity contribution in [2.75, 3.05) is 18.4 Å². The van der Waals surface area contributed by atoms with Crippen LogP contribution in [0.3, 0.4) is 0 Å². The lowest BCUT2D eigenvalue weighted by molar-refractivity contribution is -0.132. The summed E-state index contributed by atoms with van der Waals surface area (Å²) in [6.45, 7) is 3.29. The second-order valence-corrected chi connectivity index (χ2v) is 7.56. The minimum Gasteiger partial charge on any atom is -0.342 e. The molecular formula is C23H27FN2O2. The highest BCUT2D eigenvalue weighted by molar-refractivity contribution is 5.91. The quantitative estimate of drug-likeness (QED) is 0.808. The van der Waals surface area contributed by atoms with E-state index in [2.05, 4.69) is 5.32 Å². The Labute approximate surface area is 165 Å². The molecule has 148 valence electrons. The second-order valence-electron chi connectivity index (χ2n) is 7.56. The number of amides is 2. The van der Waals surface area contributed by atoms with Gasteiger partial charge in [-0.15, -0.1) is 0 Å². The van der Waals surface area contributed by atoms with E-state index < -0.39 is 0 Å². The number of carbonyl (C=O) groups excluding carboxylic acids is 2. The lowest BCUT2D eigenvalue weighted by Crippen LogP contribution is -2.40. The molecule has 5 heteroatoms. The van der Waals surface area contributed by atoms with Crippen molar-refractivity contribution in [3.8, 4) is 0 Å². The van der Waals surface area contributed by atoms with Gasteiger partial charge in [0.2, 0.25) is 11.8 Å². The number of piperidine rings is 1. The highest BCUT2D eigenvalue weighted by Gasteiger charge is 2.24. The molecular weight excluding hydrogens is 355 g/mol. The Morgan fingerprint density at radius 1 is 1.18 bits per heavy atom. The van der Waals surface area contributed by atoms with Gasteiger partial charge in [0, 0.05) is 25.2 Å². The molecule has 4 nitrogen and oxygen atoms in total. The van der Waals surface area contributed by atoms with Crippen LogP contribution in [0.2, 0.25) is 0 Å². The fourth-order valence-corrected chi connectivity index (χ4v) is 3.72. The molecule has 0 spiro atoms. The Bertz CT molecular complexity index is 823. The molecule has 1 saturated heterocycles. The van der Waals surface area contributed by atoms with Crippen LogP contribution in [0.5, 0.6) is 0 Å². The van der Waals surface area contributed by atoms with E-state index in [-0.39, 0.29) is 17.6 Å². The molecule has 1 N–H and O–H groups in total. The van der Waals surface area contributed by atoms with Gasteiger partial charge in [0.05, 0.1) is 6.42 Å². The molecule has 1 atom stereocenters. The number of likely N-dealkylation sites (tertiary alicyclic amines) is 1. The van der Waals surface area contributed by atoms with E-state index in [1.807, 2.05) is 35.2 Å². The Balaban J connectivity index is 1.46. The number of benzene rings is 2. The molecule has 0 bridgehead atoms. The van der Waals surface area contributed by atoms with Gasteiger partial charge < -0.3 is 10.2 Å². The van der Waals surface area contributed by atoms with Crippen LogP contribution in [-0.4, -0.2) is 29.8 Å². The van der Waals surface area contributed by atoms with Gasteiger partial charge in [0.15, 0.2) is 0 Å². The molecule has 1 heterocycles. The zero-order valence-electron chi connectivity index (χ0n) is 16.3. The smallest absolute Gasteiger partial charge is 0.226 e. The van der Waals surface area contributed by atoms with E-state index in [4.69, 9.17) is 0 Å². The van der Waals surface area contributed by atoms with Crippen molar-refractivity contribution in [2.24, 2.45) is 5.92 Å². The van der Waals surface area contributed by atoms with Crippen LogP contribution >= 0.6 is 0 Å². The van der Waals surface area contributed by atoms with Crippen molar-refractivity contribution in [3.05, 3.63) is 65.5 Å². The maximum atomic E-state index is 13.2.